The third kappa shape index (κ3) is 5.17. The van der Waals surface area contributed by atoms with Crippen LogP contribution in [0.4, 0.5) is 4.79 Å². The number of nitriles is 1. The van der Waals surface area contributed by atoms with E-state index in [0.717, 1.165) is 12.8 Å². The minimum atomic E-state index is -0.460. The monoisotopic (exact) mass is 316 g/mol. The highest BCUT2D eigenvalue weighted by molar-refractivity contribution is 5.68. The molecule has 23 heavy (non-hydrogen) atoms. The molecule has 1 amide bonds. The van der Waals surface area contributed by atoms with Gasteiger partial charge in [-0.3, -0.25) is 0 Å². The fourth-order valence-electron chi connectivity index (χ4n) is 2.50. The molecule has 1 aromatic rings. The van der Waals surface area contributed by atoms with Crippen LogP contribution < -0.4 is 4.74 Å². The minimum absolute atomic E-state index is 0.244. The first-order valence-electron chi connectivity index (χ1n) is 7.99. The van der Waals surface area contributed by atoms with Crippen molar-refractivity contribution < 1.29 is 14.3 Å². The number of ether oxygens (including phenoxy) is 2. The van der Waals surface area contributed by atoms with E-state index in [0.29, 0.717) is 36.9 Å². The van der Waals surface area contributed by atoms with Crippen molar-refractivity contribution in [3.63, 3.8) is 0 Å². The standard InChI is InChI=1S/C18H24N2O3/c1-18(2,3)23-17(21)20-10-8-14(9-11-20)13-22-16-7-5-4-6-15(16)12-19/h4-7,14H,8-11,13H2,1-3H3. The molecule has 2 rings (SSSR count). The number of likely N-dealkylation sites (tertiary alicyclic amines) is 1. The molecule has 1 aliphatic rings. The molecule has 0 aliphatic carbocycles. The molecule has 1 aliphatic heterocycles. The van der Waals surface area contributed by atoms with E-state index in [-0.39, 0.29) is 6.09 Å². The number of nitrogens with zero attached hydrogens (tertiary/aromatic N) is 2. The van der Waals surface area contributed by atoms with Gasteiger partial charge in [0.25, 0.3) is 0 Å². The largest absolute Gasteiger partial charge is 0.492 e. The van der Waals surface area contributed by atoms with Crippen LogP contribution in [0.25, 0.3) is 0 Å². The van der Waals surface area contributed by atoms with Gasteiger partial charge in [0.15, 0.2) is 0 Å². The normalized spacial score (nSPS) is 15.8. The quantitative estimate of drug-likeness (QED) is 0.855. The maximum atomic E-state index is 12.0. The molecular weight excluding hydrogens is 292 g/mol. The first-order chi connectivity index (χ1) is 10.9. The van der Waals surface area contributed by atoms with Gasteiger partial charge in [-0.2, -0.15) is 5.26 Å². The Morgan fingerprint density at radius 3 is 2.57 bits per heavy atom. The van der Waals surface area contributed by atoms with Crippen molar-refractivity contribution in [2.75, 3.05) is 19.7 Å². The lowest BCUT2D eigenvalue weighted by molar-refractivity contribution is 0.0165. The lowest BCUT2D eigenvalue weighted by atomic mass is 9.98. The van der Waals surface area contributed by atoms with E-state index in [1.807, 2.05) is 39.0 Å². The van der Waals surface area contributed by atoms with E-state index in [4.69, 9.17) is 14.7 Å². The van der Waals surface area contributed by atoms with Gasteiger partial charge in [-0.05, 0) is 51.7 Å². The molecule has 0 bridgehead atoms. The molecule has 0 atom stereocenters. The lowest BCUT2D eigenvalue weighted by Crippen LogP contribution is -2.42. The second-order valence-corrected chi connectivity index (χ2v) is 6.83. The van der Waals surface area contributed by atoms with E-state index in [2.05, 4.69) is 6.07 Å². The first-order valence-corrected chi connectivity index (χ1v) is 7.99. The van der Waals surface area contributed by atoms with E-state index >= 15 is 0 Å². The van der Waals surface area contributed by atoms with Crippen LogP contribution >= 0.6 is 0 Å². The third-order valence-corrected chi connectivity index (χ3v) is 3.75. The Morgan fingerprint density at radius 1 is 1.30 bits per heavy atom. The number of hydrogen-bond donors (Lipinski definition) is 0. The highest BCUT2D eigenvalue weighted by Crippen LogP contribution is 2.22. The molecule has 0 spiro atoms. The van der Waals surface area contributed by atoms with Gasteiger partial charge in [0.2, 0.25) is 0 Å². The van der Waals surface area contributed by atoms with E-state index in [9.17, 15) is 4.79 Å². The van der Waals surface area contributed by atoms with Crippen molar-refractivity contribution in [3.8, 4) is 11.8 Å². The molecule has 1 heterocycles. The number of para-hydroxylation sites is 1. The minimum Gasteiger partial charge on any atom is -0.492 e. The van der Waals surface area contributed by atoms with E-state index < -0.39 is 5.60 Å². The summed E-state index contributed by atoms with van der Waals surface area (Å²) in [6.45, 7) is 7.56. The van der Waals surface area contributed by atoms with Gasteiger partial charge in [-0.25, -0.2) is 4.79 Å². The van der Waals surface area contributed by atoms with Crippen molar-refractivity contribution >= 4 is 6.09 Å². The Labute approximate surface area is 137 Å². The van der Waals surface area contributed by atoms with Gasteiger partial charge in [-0.1, -0.05) is 12.1 Å². The highest BCUT2D eigenvalue weighted by atomic mass is 16.6. The summed E-state index contributed by atoms with van der Waals surface area (Å²) in [5.41, 5.74) is 0.0941. The van der Waals surface area contributed by atoms with Crippen molar-refractivity contribution in [3.05, 3.63) is 29.8 Å². The number of benzene rings is 1. The predicted octanol–water partition coefficient (Wildman–Crippen LogP) is 3.58. The molecule has 5 heteroatoms. The van der Waals surface area contributed by atoms with Crippen LogP contribution in [-0.4, -0.2) is 36.3 Å². The van der Waals surface area contributed by atoms with Gasteiger partial charge in [0, 0.05) is 13.1 Å². The predicted molar refractivity (Wildman–Crippen MR) is 87.2 cm³/mol. The number of hydrogen-bond acceptors (Lipinski definition) is 4. The zero-order chi connectivity index (χ0) is 16.9. The van der Waals surface area contributed by atoms with E-state index in [1.54, 1.807) is 11.0 Å². The summed E-state index contributed by atoms with van der Waals surface area (Å²) in [5.74, 6) is 1.02. The zero-order valence-corrected chi connectivity index (χ0v) is 14.0. The molecule has 0 N–H and O–H groups in total. The average molecular weight is 316 g/mol. The maximum Gasteiger partial charge on any atom is 0.410 e. The van der Waals surface area contributed by atoms with Crippen LogP contribution in [0, 0.1) is 17.2 Å². The average Bonchev–Trinajstić information content (AvgIpc) is 2.52. The van der Waals surface area contributed by atoms with Crippen LogP contribution in [-0.2, 0) is 4.74 Å². The molecule has 0 radical (unpaired) electrons. The summed E-state index contributed by atoms with van der Waals surface area (Å²) in [6.07, 6.45) is 1.52. The summed E-state index contributed by atoms with van der Waals surface area (Å²) >= 11 is 0. The van der Waals surface area contributed by atoms with Gasteiger partial charge < -0.3 is 14.4 Å². The fourth-order valence-corrected chi connectivity index (χ4v) is 2.50. The second-order valence-electron chi connectivity index (χ2n) is 6.83. The van der Waals surface area contributed by atoms with Crippen molar-refractivity contribution in [1.82, 2.24) is 4.90 Å². The first kappa shape index (κ1) is 17.1. The number of carbonyl (C=O) groups excluding carboxylic acids is 1. The summed E-state index contributed by atoms with van der Waals surface area (Å²) < 4.78 is 11.2. The lowest BCUT2D eigenvalue weighted by Gasteiger charge is -2.33. The maximum absolute atomic E-state index is 12.0. The van der Waals surface area contributed by atoms with Crippen LogP contribution in [0.5, 0.6) is 5.75 Å². The molecule has 0 aromatic heterocycles. The SMILES string of the molecule is CC(C)(C)OC(=O)N1CCC(COc2ccccc2C#N)CC1. The number of carbonyl (C=O) groups is 1. The number of rotatable bonds is 3. The molecular formula is C18H24N2O3. The van der Waals surface area contributed by atoms with Crippen LogP contribution in [0.1, 0.15) is 39.2 Å². The van der Waals surface area contributed by atoms with Crippen molar-refractivity contribution in [2.24, 2.45) is 5.92 Å². The molecule has 0 saturated carbocycles. The summed E-state index contributed by atoms with van der Waals surface area (Å²) in [5, 5.41) is 9.06. The Kier molecular flexibility index (Phi) is 5.49. The number of piperidine rings is 1. The summed E-state index contributed by atoms with van der Waals surface area (Å²) in [6, 6.07) is 9.38. The van der Waals surface area contributed by atoms with Gasteiger partial charge in [0.05, 0.1) is 12.2 Å². The van der Waals surface area contributed by atoms with Crippen molar-refractivity contribution in [1.29, 1.82) is 5.26 Å². The molecule has 1 aromatic carbocycles. The van der Waals surface area contributed by atoms with Gasteiger partial charge in [-0.15, -0.1) is 0 Å². The topological polar surface area (TPSA) is 62.6 Å². The number of amides is 1. The van der Waals surface area contributed by atoms with Gasteiger partial charge >= 0.3 is 6.09 Å². The molecule has 0 unspecified atom stereocenters. The molecule has 1 saturated heterocycles. The van der Waals surface area contributed by atoms with Crippen LogP contribution in [0.3, 0.4) is 0 Å². The molecule has 124 valence electrons. The van der Waals surface area contributed by atoms with Crippen LogP contribution in [0.2, 0.25) is 0 Å². The third-order valence-electron chi connectivity index (χ3n) is 3.75. The molecule has 1 fully saturated rings. The van der Waals surface area contributed by atoms with Crippen LogP contribution in [0.15, 0.2) is 24.3 Å². The van der Waals surface area contributed by atoms with Crippen molar-refractivity contribution in [2.45, 2.75) is 39.2 Å². The fraction of sp³-hybridized carbons (Fsp3) is 0.556. The Morgan fingerprint density at radius 2 is 1.96 bits per heavy atom. The van der Waals surface area contributed by atoms with E-state index in [1.165, 1.54) is 0 Å². The van der Waals surface area contributed by atoms with Gasteiger partial charge in [0.1, 0.15) is 17.4 Å². The Hall–Kier alpha value is -2.22. The smallest absolute Gasteiger partial charge is 0.410 e. The summed E-state index contributed by atoms with van der Waals surface area (Å²) in [4.78, 5) is 13.8. The zero-order valence-electron chi connectivity index (χ0n) is 14.0. The highest BCUT2D eigenvalue weighted by Gasteiger charge is 2.27. The summed E-state index contributed by atoms with van der Waals surface area (Å²) in [7, 11) is 0. The Balaban J connectivity index is 1.79. The second kappa shape index (κ2) is 7.36. The Bertz CT molecular complexity index is 579. The molecule has 5 nitrogen and oxygen atoms in total.